The summed E-state index contributed by atoms with van der Waals surface area (Å²) < 4.78 is 6.82. The van der Waals surface area contributed by atoms with Crippen LogP contribution >= 0.6 is 0 Å². The second kappa shape index (κ2) is 5.96. The summed E-state index contributed by atoms with van der Waals surface area (Å²) in [7, 11) is 0. The summed E-state index contributed by atoms with van der Waals surface area (Å²) in [5, 5.41) is 14.9. The first-order chi connectivity index (χ1) is 9.58. The lowest BCUT2D eigenvalue weighted by Gasteiger charge is -2.13. The van der Waals surface area contributed by atoms with Crippen LogP contribution in [0.2, 0.25) is 0 Å². The molecule has 104 valence electrons. The van der Waals surface area contributed by atoms with Gasteiger partial charge in [-0.1, -0.05) is 12.1 Å². The van der Waals surface area contributed by atoms with Crippen molar-refractivity contribution >= 4 is 11.7 Å². The molecule has 0 N–H and O–H groups in total. The minimum absolute atomic E-state index is 0.0511. The third-order valence-corrected chi connectivity index (χ3v) is 2.63. The first-order valence-electron chi connectivity index (χ1n) is 5.99. The number of rotatable bonds is 5. The van der Waals surface area contributed by atoms with Crippen LogP contribution in [0.15, 0.2) is 42.7 Å². The molecule has 1 aromatic heterocycles. The largest absolute Gasteiger partial charge is 0.457 e. The van der Waals surface area contributed by atoms with E-state index in [4.69, 9.17) is 4.74 Å². The molecule has 1 atom stereocenters. The van der Waals surface area contributed by atoms with Gasteiger partial charge in [-0.25, -0.2) is 4.79 Å². The fourth-order valence-corrected chi connectivity index (χ4v) is 1.76. The number of nitro benzene ring substituents is 1. The fourth-order valence-electron chi connectivity index (χ4n) is 1.76. The van der Waals surface area contributed by atoms with Crippen molar-refractivity contribution in [2.24, 2.45) is 0 Å². The van der Waals surface area contributed by atoms with Gasteiger partial charge in [-0.05, 0) is 19.1 Å². The van der Waals surface area contributed by atoms with Crippen LogP contribution in [0, 0.1) is 10.1 Å². The molecule has 2 aromatic rings. The summed E-state index contributed by atoms with van der Waals surface area (Å²) in [4.78, 5) is 22.2. The summed E-state index contributed by atoms with van der Waals surface area (Å²) in [6.07, 6.45) is 2.92. The lowest BCUT2D eigenvalue weighted by Crippen LogP contribution is -2.21. The Balaban J connectivity index is 2.06. The number of ether oxygens (including phenoxy) is 1. The van der Waals surface area contributed by atoms with Crippen molar-refractivity contribution in [3.05, 3.63) is 58.4 Å². The quantitative estimate of drug-likeness (QED) is 0.473. The molecule has 0 aliphatic carbocycles. The highest BCUT2D eigenvalue weighted by Crippen LogP contribution is 2.19. The van der Waals surface area contributed by atoms with E-state index in [1.807, 2.05) is 0 Å². The van der Waals surface area contributed by atoms with Gasteiger partial charge in [-0.2, -0.15) is 5.10 Å². The topological polar surface area (TPSA) is 87.3 Å². The number of hydrogen-bond acceptors (Lipinski definition) is 5. The van der Waals surface area contributed by atoms with E-state index in [9.17, 15) is 14.9 Å². The maximum atomic E-state index is 12.0. The molecule has 0 saturated heterocycles. The molecule has 0 saturated carbocycles. The van der Waals surface area contributed by atoms with Gasteiger partial charge in [0.1, 0.15) is 11.7 Å². The Morgan fingerprint density at radius 3 is 2.85 bits per heavy atom. The lowest BCUT2D eigenvalue weighted by molar-refractivity contribution is -0.385. The number of carbonyl (C=O) groups excluding carboxylic acids is 1. The molecule has 20 heavy (non-hydrogen) atoms. The maximum Gasteiger partial charge on any atom is 0.345 e. The molecule has 2 rings (SSSR count). The minimum atomic E-state index is -0.711. The van der Waals surface area contributed by atoms with Crippen molar-refractivity contribution in [3.63, 3.8) is 0 Å². The third-order valence-electron chi connectivity index (χ3n) is 2.63. The van der Waals surface area contributed by atoms with E-state index < -0.39 is 17.0 Å². The van der Waals surface area contributed by atoms with Crippen LogP contribution in [0.25, 0.3) is 0 Å². The van der Waals surface area contributed by atoms with E-state index in [-0.39, 0.29) is 11.3 Å². The van der Waals surface area contributed by atoms with Gasteiger partial charge >= 0.3 is 5.97 Å². The van der Waals surface area contributed by atoms with Gasteiger partial charge in [0.05, 0.1) is 11.5 Å². The van der Waals surface area contributed by atoms with Crippen LogP contribution in [0.3, 0.4) is 0 Å². The van der Waals surface area contributed by atoms with Crippen LogP contribution in [0.1, 0.15) is 17.3 Å². The van der Waals surface area contributed by atoms with Crippen molar-refractivity contribution in [2.75, 3.05) is 0 Å². The smallest absolute Gasteiger partial charge is 0.345 e. The lowest BCUT2D eigenvalue weighted by atomic mass is 10.2. The summed E-state index contributed by atoms with van der Waals surface area (Å²) in [5.74, 6) is -0.711. The van der Waals surface area contributed by atoms with Crippen LogP contribution in [0.5, 0.6) is 0 Å². The zero-order valence-corrected chi connectivity index (χ0v) is 10.8. The molecule has 0 unspecified atom stereocenters. The van der Waals surface area contributed by atoms with Gasteiger partial charge in [0.2, 0.25) is 0 Å². The van der Waals surface area contributed by atoms with Gasteiger partial charge in [-0.15, -0.1) is 0 Å². The molecule has 1 aromatic carbocycles. The van der Waals surface area contributed by atoms with E-state index in [1.165, 1.54) is 18.2 Å². The minimum Gasteiger partial charge on any atom is -0.457 e. The number of benzene rings is 1. The van der Waals surface area contributed by atoms with Crippen LogP contribution < -0.4 is 0 Å². The Bertz CT molecular complexity index is 610. The molecule has 0 fully saturated rings. The highest BCUT2D eigenvalue weighted by atomic mass is 16.6. The highest BCUT2D eigenvalue weighted by molar-refractivity contribution is 5.93. The summed E-state index contributed by atoms with van der Waals surface area (Å²) in [6, 6.07) is 7.47. The number of para-hydroxylation sites is 1. The molecule has 7 nitrogen and oxygen atoms in total. The molecular formula is C13H13N3O4. The molecule has 1 heterocycles. The summed E-state index contributed by atoms with van der Waals surface area (Å²) >= 11 is 0. The number of hydrogen-bond donors (Lipinski definition) is 0. The van der Waals surface area contributed by atoms with E-state index in [0.717, 1.165) is 0 Å². The first-order valence-corrected chi connectivity index (χ1v) is 5.99. The Labute approximate surface area is 114 Å². The Morgan fingerprint density at radius 2 is 2.20 bits per heavy atom. The van der Waals surface area contributed by atoms with Gasteiger partial charge in [0.25, 0.3) is 5.69 Å². The number of carbonyl (C=O) groups is 1. The Morgan fingerprint density at radius 1 is 1.45 bits per heavy atom. The van der Waals surface area contributed by atoms with Crippen molar-refractivity contribution in [1.29, 1.82) is 0 Å². The fraction of sp³-hybridized carbons (Fsp3) is 0.231. The van der Waals surface area contributed by atoms with E-state index in [1.54, 1.807) is 36.1 Å². The molecule has 0 aliphatic rings. The van der Waals surface area contributed by atoms with Crippen molar-refractivity contribution in [1.82, 2.24) is 9.78 Å². The van der Waals surface area contributed by atoms with E-state index in [0.29, 0.717) is 6.54 Å². The molecule has 0 bridgehead atoms. The van der Waals surface area contributed by atoms with Gasteiger partial charge in [0.15, 0.2) is 0 Å². The third kappa shape index (κ3) is 3.19. The average Bonchev–Trinajstić information content (AvgIpc) is 2.91. The summed E-state index contributed by atoms with van der Waals surface area (Å²) in [6.45, 7) is 2.09. The molecule has 0 spiro atoms. The summed E-state index contributed by atoms with van der Waals surface area (Å²) in [5.41, 5.74) is -0.311. The van der Waals surface area contributed by atoms with E-state index >= 15 is 0 Å². The van der Waals surface area contributed by atoms with Crippen LogP contribution in [-0.4, -0.2) is 26.8 Å². The maximum absolute atomic E-state index is 12.0. The molecular weight excluding hydrogens is 262 g/mol. The average molecular weight is 275 g/mol. The van der Waals surface area contributed by atoms with Gasteiger partial charge in [-0.3, -0.25) is 14.8 Å². The molecule has 0 radical (unpaired) electrons. The second-order valence-corrected chi connectivity index (χ2v) is 4.22. The standard InChI is InChI=1S/C13H13N3O4/c1-10(9-15-8-4-7-14-15)20-13(17)11-5-2-3-6-12(11)16(18)19/h2-8,10H,9H2,1H3/t10-/m0/s1. The van der Waals surface area contributed by atoms with Gasteiger partial charge in [0, 0.05) is 18.5 Å². The number of nitrogens with zero attached hydrogens (tertiary/aromatic N) is 3. The molecule has 0 amide bonds. The Kier molecular flexibility index (Phi) is 4.09. The normalized spacial score (nSPS) is 11.8. The van der Waals surface area contributed by atoms with Gasteiger partial charge < -0.3 is 4.74 Å². The highest BCUT2D eigenvalue weighted by Gasteiger charge is 2.22. The van der Waals surface area contributed by atoms with Crippen molar-refractivity contribution in [2.45, 2.75) is 19.6 Å². The number of nitro groups is 1. The number of esters is 1. The second-order valence-electron chi connectivity index (χ2n) is 4.22. The van der Waals surface area contributed by atoms with E-state index in [2.05, 4.69) is 5.10 Å². The monoisotopic (exact) mass is 275 g/mol. The zero-order chi connectivity index (χ0) is 14.5. The van der Waals surface area contributed by atoms with Crippen molar-refractivity contribution < 1.29 is 14.5 Å². The molecule has 7 heteroatoms. The van der Waals surface area contributed by atoms with Crippen LogP contribution in [-0.2, 0) is 11.3 Å². The zero-order valence-electron chi connectivity index (χ0n) is 10.8. The Hall–Kier alpha value is -2.70. The first kappa shape index (κ1) is 13.7. The number of aromatic nitrogens is 2. The van der Waals surface area contributed by atoms with Crippen LogP contribution in [0.4, 0.5) is 5.69 Å². The molecule has 0 aliphatic heterocycles. The SMILES string of the molecule is C[C@@H](Cn1cccn1)OC(=O)c1ccccc1[N+](=O)[O-]. The predicted molar refractivity (Wildman–Crippen MR) is 70.2 cm³/mol. The predicted octanol–water partition coefficient (Wildman–Crippen LogP) is 2.04. The van der Waals surface area contributed by atoms with Crippen molar-refractivity contribution in [3.8, 4) is 0 Å².